The predicted molar refractivity (Wildman–Crippen MR) is 99.6 cm³/mol. The van der Waals surface area contributed by atoms with E-state index in [1.54, 1.807) is 18.7 Å². The molecule has 0 fully saturated rings. The Balaban J connectivity index is 1.76. The van der Waals surface area contributed by atoms with Crippen LogP contribution < -0.4 is 15.2 Å². The van der Waals surface area contributed by atoms with E-state index in [0.29, 0.717) is 33.7 Å². The lowest BCUT2D eigenvalue weighted by Gasteiger charge is -2.08. The second-order valence-electron chi connectivity index (χ2n) is 5.60. The number of methoxy groups -OCH3 is 2. The number of nitrogens with two attached hydrogens (primary N) is 1. The molecule has 0 aliphatic heterocycles. The molecule has 0 spiro atoms. The Morgan fingerprint density at radius 1 is 1.08 bits per heavy atom. The molecule has 0 atom stereocenters. The monoisotopic (exact) mass is 368 g/mol. The first-order chi connectivity index (χ1) is 12.6. The number of nitrogen functional groups attached to an aromatic ring is 1. The average Bonchev–Trinajstić information content (AvgIpc) is 3.28. The fraction of sp³-hybridized carbons (Fsp3) is 0.176. The van der Waals surface area contributed by atoms with Gasteiger partial charge in [-0.2, -0.15) is 9.61 Å². The number of aryl methyl sites for hydroxylation is 1. The lowest BCUT2D eigenvalue weighted by molar-refractivity contribution is 0.355. The average molecular weight is 368 g/mol. The summed E-state index contributed by atoms with van der Waals surface area (Å²) < 4.78 is 12.2. The van der Waals surface area contributed by atoms with Gasteiger partial charge in [0.05, 0.1) is 25.6 Å². The summed E-state index contributed by atoms with van der Waals surface area (Å²) in [6.45, 7) is 1.88. The molecular weight excluding hydrogens is 352 g/mol. The number of benzene rings is 1. The van der Waals surface area contributed by atoms with Gasteiger partial charge < -0.3 is 15.2 Å². The van der Waals surface area contributed by atoms with Gasteiger partial charge in [-0.3, -0.25) is 0 Å². The number of anilines is 1. The number of rotatable bonds is 4. The summed E-state index contributed by atoms with van der Waals surface area (Å²) in [4.78, 5) is 4.65. The van der Waals surface area contributed by atoms with Crippen LogP contribution in [0.15, 0.2) is 29.6 Å². The molecule has 0 unspecified atom stereocenters. The number of nitrogens with zero attached hydrogens (tertiary/aromatic N) is 5. The van der Waals surface area contributed by atoms with Crippen molar-refractivity contribution in [1.29, 1.82) is 0 Å². The summed E-state index contributed by atoms with van der Waals surface area (Å²) in [5.74, 6) is 1.73. The molecule has 4 rings (SSSR count). The van der Waals surface area contributed by atoms with E-state index in [0.717, 1.165) is 17.0 Å². The number of ether oxygens (including phenoxy) is 2. The van der Waals surface area contributed by atoms with E-state index in [-0.39, 0.29) is 0 Å². The zero-order chi connectivity index (χ0) is 18.3. The topological polar surface area (TPSA) is 100 Å². The van der Waals surface area contributed by atoms with Crippen LogP contribution in [-0.2, 0) is 0 Å². The molecule has 2 N–H and O–H groups in total. The van der Waals surface area contributed by atoms with Crippen molar-refractivity contribution in [1.82, 2.24) is 24.8 Å². The maximum absolute atomic E-state index is 6.22. The molecule has 9 heteroatoms. The van der Waals surface area contributed by atoms with E-state index in [9.17, 15) is 0 Å². The lowest BCUT2D eigenvalue weighted by atomic mass is 10.1. The van der Waals surface area contributed by atoms with Crippen molar-refractivity contribution in [3.8, 4) is 33.5 Å². The zero-order valence-electron chi connectivity index (χ0n) is 14.4. The molecule has 0 radical (unpaired) electrons. The molecule has 0 saturated carbocycles. The van der Waals surface area contributed by atoms with Crippen LogP contribution in [0, 0.1) is 6.92 Å². The van der Waals surface area contributed by atoms with Crippen LogP contribution in [0.2, 0.25) is 0 Å². The van der Waals surface area contributed by atoms with Crippen LogP contribution in [0.3, 0.4) is 0 Å². The molecule has 0 bridgehead atoms. The summed E-state index contributed by atoms with van der Waals surface area (Å²) >= 11 is 1.44. The third-order valence-corrected chi connectivity index (χ3v) is 4.77. The number of fused-ring (bicyclic) bond motifs is 1. The van der Waals surface area contributed by atoms with Gasteiger partial charge in [-0.25, -0.2) is 4.98 Å². The van der Waals surface area contributed by atoms with Crippen LogP contribution in [0.1, 0.15) is 5.69 Å². The third kappa shape index (κ3) is 2.62. The molecular formula is C17H16N6O2S. The Morgan fingerprint density at radius 2 is 1.88 bits per heavy atom. The molecule has 3 aromatic heterocycles. The van der Waals surface area contributed by atoms with Crippen molar-refractivity contribution in [2.75, 3.05) is 20.0 Å². The zero-order valence-corrected chi connectivity index (χ0v) is 15.2. The first kappa shape index (κ1) is 16.3. The minimum atomic E-state index is 0.413. The van der Waals surface area contributed by atoms with Gasteiger partial charge in [-0.05, 0) is 25.1 Å². The molecule has 0 aliphatic carbocycles. The molecule has 8 nitrogen and oxygen atoms in total. The van der Waals surface area contributed by atoms with Crippen molar-refractivity contribution in [2.45, 2.75) is 6.92 Å². The Labute approximate surface area is 153 Å². The normalized spacial score (nSPS) is 11.0. The lowest BCUT2D eigenvalue weighted by Crippen LogP contribution is -2.05. The highest BCUT2D eigenvalue weighted by Gasteiger charge is 2.16. The van der Waals surface area contributed by atoms with Crippen LogP contribution in [0.4, 0.5) is 5.82 Å². The van der Waals surface area contributed by atoms with Crippen LogP contribution in [0.25, 0.3) is 27.6 Å². The molecule has 0 aliphatic rings. The van der Waals surface area contributed by atoms with E-state index in [2.05, 4.69) is 20.3 Å². The quantitative estimate of drug-likeness (QED) is 0.591. The fourth-order valence-electron chi connectivity index (χ4n) is 2.65. The third-order valence-electron chi connectivity index (χ3n) is 3.92. The minimum absolute atomic E-state index is 0.413. The van der Waals surface area contributed by atoms with Gasteiger partial charge in [-0.1, -0.05) is 0 Å². The molecule has 26 heavy (non-hydrogen) atoms. The molecule has 1 aromatic carbocycles. The fourth-order valence-corrected chi connectivity index (χ4v) is 3.47. The van der Waals surface area contributed by atoms with Gasteiger partial charge in [0.25, 0.3) is 0 Å². The maximum Gasteiger partial charge on any atom is 0.179 e. The summed E-state index contributed by atoms with van der Waals surface area (Å²) in [5.41, 5.74) is 9.88. The molecule has 4 aromatic rings. The van der Waals surface area contributed by atoms with Crippen LogP contribution in [-0.4, -0.2) is 39.0 Å². The maximum atomic E-state index is 6.22. The van der Waals surface area contributed by atoms with E-state index < -0.39 is 0 Å². The predicted octanol–water partition coefficient (Wildman–Crippen LogP) is 2.82. The van der Waals surface area contributed by atoms with Crippen molar-refractivity contribution >= 4 is 22.8 Å². The van der Waals surface area contributed by atoms with Gasteiger partial charge >= 0.3 is 0 Å². The number of hydrogen-bond acceptors (Lipinski definition) is 8. The van der Waals surface area contributed by atoms with Gasteiger partial charge in [0.2, 0.25) is 0 Å². The SMILES string of the molecule is COc1ccc(-c2csc(-c3nnc4cc(C)nn4c3N)n2)cc1OC. The Bertz CT molecular complexity index is 1100. The van der Waals surface area contributed by atoms with Gasteiger partial charge in [0.15, 0.2) is 28.7 Å². The van der Waals surface area contributed by atoms with Gasteiger partial charge in [-0.15, -0.1) is 21.5 Å². The Morgan fingerprint density at radius 3 is 2.65 bits per heavy atom. The van der Waals surface area contributed by atoms with E-state index in [1.807, 2.05) is 36.6 Å². The minimum Gasteiger partial charge on any atom is -0.493 e. The number of thiazole rings is 1. The summed E-state index contributed by atoms with van der Waals surface area (Å²) in [6, 6.07) is 7.48. The van der Waals surface area contributed by atoms with E-state index >= 15 is 0 Å². The van der Waals surface area contributed by atoms with Crippen molar-refractivity contribution < 1.29 is 9.47 Å². The summed E-state index contributed by atoms with van der Waals surface area (Å²) in [5, 5.41) is 15.4. The summed E-state index contributed by atoms with van der Waals surface area (Å²) in [6.07, 6.45) is 0. The van der Waals surface area contributed by atoms with Crippen LogP contribution >= 0.6 is 11.3 Å². The molecule has 0 saturated heterocycles. The smallest absolute Gasteiger partial charge is 0.179 e. The Kier molecular flexibility index (Phi) is 3.92. The van der Waals surface area contributed by atoms with Crippen molar-refractivity contribution in [3.05, 3.63) is 35.3 Å². The first-order valence-electron chi connectivity index (χ1n) is 7.77. The van der Waals surface area contributed by atoms with E-state index in [4.69, 9.17) is 15.2 Å². The highest BCUT2D eigenvalue weighted by molar-refractivity contribution is 7.13. The number of hydrogen-bond donors (Lipinski definition) is 1. The first-order valence-corrected chi connectivity index (χ1v) is 8.65. The highest BCUT2D eigenvalue weighted by atomic mass is 32.1. The second kappa shape index (κ2) is 6.26. The molecule has 3 heterocycles. The van der Waals surface area contributed by atoms with E-state index in [1.165, 1.54) is 11.3 Å². The Hall–Kier alpha value is -3.20. The van der Waals surface area contributed by atoms with Gasteiger partial charge in [0.1, 0.15) is 5.01 Å². The highest BCUT2D eigenvalue weighted by Crippen LogP contribution is 2.35. The number of aromatic nitrogens is 5. The summed E-state index contributed by atoms with van der Waals surface area (Å²) in [7, 11) is 3.21. The van der Waals surface area contributed by atoms with Crippen LogP contribution in [0.5, 0.6) is 11.5 Å². The standard InChI is InChI=1S/C17H16N6O2S/c1-9-6-14-20-21-15(16(18)23(14)22-9)17-19-11(8-26-17)10-4-5-12(24-2)13(7-10)25-3/h4-8H,18H2,1-3H3. The molecule has 0 amide bonds. The van der Waals surface area contributed by atoms with Crippen molar-refractivity contribution in [3.63, 3.8) is 0 Å². The largest absolute Gasteiger partial charge is 0.493 e. The second-order valence-corrected chi connectivity index (χ2v) is 6.46. The van der Waals surface area contributed by atoms with Gasteiger partial charge in [0, 0.05) is 17.0 Å². The molecule has 132 valence electrons. The van der Waals surface area contributed by atoms with Crippen molar-refractivity contribution in [2.24, 2.45) is 0 Å².